The minimum Gasteiger partial charge on any atom is -0.370 e. The van der Waals surface area contributed by atoms with Crippen LogP contribution in [-0.2, 0) is 27.1 Å². The largest absolute Gasteiger partial charge is 0.416 e. The van der Waals surface area contributed by atoms with Gasteiger partial charge in [-0.25, -0.2) is 4.79 Å². The van der Waals surface area contributed by atoms with Crippen molar-refractivity contribution < 1.29 is 32.2 Å². The number of ether oxygens (including phenoxy) is 2. The van der Waals surface area contributed by atoms with Crippen molar-refractivity contribution in [3.63, 3.8) is 0 Å². The Labute approximate surface area is 176 Å². The maximum Gasteiger partial charge on any atom is 0.416 e. The second-order valence-corrected chi connectivity index (χ2v) is 8.42. The number of benzene rings is 1. The lowest BCUT2D eigenvalue weighted by Crippen LogP contribution is -2.61. The van der Waals surface area contributed by atoms with Crippen LogP contribution in [0.25, 0.3) is 0 Å². The predicted octanol–water partition coefficient (Wildman–Crippen LogP) is 3.36. The van der Waals surface area contributed by atoms with Gasteiger partial charge in [0.25, 0.3) is 0 Å². The van der Waals surface area contributed by atoms with E-state index in [4.69, 9.17) is 21.1 Å². The van der Waals surface area contributed by atoms with Crippen molar-refractivity contribution in [2.75, 3.05) is 32.8 Å². The number of hydrogen-bond donors (Lipinski definition) is 0. The van der Waals surface area contributed by atoms with E-state index >= 15 is 0 Å². The molecule has 2 atom stereocenters. The third kappa shape index (κ3) is 4.58. The summed E-state index contributed by atoms with van der Waals surface area (Å²) in [7, 11) is 0. The van der Waals surface area contributed by atoms with E-state index in [1.165, 1.54) is 6.07 Å². The van der Waals surface area contributed by atoms with Gasteiger partial charge in [-0.15, -0.1) is 0 Å². The van der Waals surface area contributed by atoms with Crippen LogP contribution in [0, 0.1) is 5.92 Å². The van der Waals surface area contributed by atoms with Crippen LogP contribution in [-0.4, -0.2) is 66.6 Å². The molecule has 3 aliphatic rings. The standard InChI is InChI=1S/C20H22ClF3N2O4/c21-17-6-14(20(22,23)24)2-1-12(17)10-29-16-8-26(9-16)19(28)25-4-3-18-13(7-25)5-15(27)11-30-18/h1-2,6,13,16,18H,3-5,7-11H2/t13-,18-/m1/s1. The maximum absolute atomic E-state index is 12.7. The molecule has 0 spiro atoms. The quantitative estimate of drug-likeness (QED) is 0.714. The molecule has 0 aliphatic carbocycles. The molecule has 2 amide bonds. The molecule has 4 rings (SSSR count). The van der Waals surface area contributed by atoms with Crippen molar-refractivity contribution in [1.29, 1.82) is 0 Å². The SMILES string of the molecule is O=C1CO[C@@H]2CCN(C(=O)N3CC(OCc4ccc(C(F)(F)F)cc4Cl)C3)C[C@H]2C1. The first-order valence-corrected chi connectivity index (χ1v) is 10.2. The van der Waals surface area contributed by atoms with Crippen molar-refractivity contribution in [3.8, 4) is 0 Å². The zero-order valence-electron chi connectivity index (χ0n) is 16.2. The zero-order chi connectivity index (χ0) is 21.5. The Morgan fingerprint density at radius 2 is 2.00 bits per heavy atom. The third-order valence-electron chi connectivity index (χ3n) is 5.86. The van der Waals surface area contributed by atoms with Crippen LogP contribution in [0.15, 0.2) is 18.2 Å². The predicted molar refractivity (Wildman–Crippen MR) is 101 cm³/mol. The fourth-order valence-corrected chi connectivity index (χ4v) is 4.33. The molecule has 10 heteroatoms. The first-order chi connectivity index (χ1) is 14.2. The van der Waals surface area contributed by atoms with Gasteiger partial charge in [0.15, 0.2) is 5.78 Å². The summed E-state index contributed by atoms with van der Waals surface area (Å²) in [5.41, 5.74) is -0.330. The monoisotopic (exact) mass is 446 g/mol. The van der Waals surface area contributed by atoms with Gasteiger partial charge in [0.2, 0.25) is 0 Å². The number of fused-ring (bicyclic) bond motifs is 1. The van der Waals surface area contributed by atoms with E-state index in [1.54, 1.807) is 9.80 Å². The van der Waals surface area contributed by atoms with Crippen molar-refractivity contribution >= 4 is 23.4 Å². The van der Waals surface area contributed by atoms with Crippen LogP contribution < -0.4 is 0 Å². The molecule has 0 bridgehead atoms. The summed E-state index contributed by atoms with van der Waals surface area (Å²) < 4.78 is 49.4. The number of alkyl halides is 3. The van der Waals surface area contributed by atoms with Gasteiger partial charge in [-0.3, -0.25) is 4.79 Å². The van der Waals surface area contributed by atoms with Gasteiger partial charge in [-0.05, 0) is 24.1 Å². The average molecular weight is 447 g/mol. The minimum atomic E-state index is -4.44. The van der Waals surface area contributed by atoms with Crippen LogP contribution in [0.2, 0.25) is 5.02 Å². The third-order valence-corrected chi connectivity index (χ3v) is 6.21. The van der Waals surface area contributed by atoms with E-state index in [0.717, 1.165) is 18.6 Å². The van der Waals surface area contributed by atoms with Gasteiger partial charge in [-0.1, -0.05) is 17.7 Å². The number of ketones is 1. The van der Waals surface area contributed by atoms with Crippen LogP contribution in [0.4, 0.5) is 18.0 Å². The first kappa shape index (κ1) is 21.4. The normalized spacial score (nSPS) is 25.1. The highest BCUT2D eigenvalue weighted by atomic mass is 35.5. The van der Waals surface area contributed by atoms with Crippen LogP contribution in [0.5, 0.6) is 0 Å². The van der Waals surface area contributed by atoms with Gasteiger partial charge in [0.05, 0.1) is 37.5 Å². The Morgan fingerprint density at radius 3 is 2.70 bits per heavy atom. The summed E-state index contributed by atoms with van der Waals surface area (Å²) in [6.07, 6.45) is -3.40. The lowest BCUT2D eigenvalue weighted by Gasteiger charge is -2.45. The molecule has 3 aliphatic heterocycles. The van der Waals surface area contributed by atoms with Crippen LogP contribution in [0.3, 0.4) is 0 Å². The van der Waals surface area contributed by atoms with Crippen molar-refractivity contribution in [2.24, 2.45) is 5.92 Å². The number of Topliss-reactive ketones (excluding diaryl/α,β-unsaturated/α-hetero) is 1. The topological polar surface area (TPSA) is 59.1 Å². The minimum absolute atomic E-state index is 0.00389. The van der Waals surface area contributed by atoms with Gasteiger partial charge >= 0.3 is 12.2 Å². The van der Waals surface area contributed by atoms with E-state index in [2.05, 4.69) is 0 Å². The summed E-state index contributed by atoms with van der Waals surface area (Å²) in [6.45, 7) is 2.18. The molecule has 3 fully saturated rings. The highest BCUT2D eigenvalue weighted by molar-refractivity contribution is 6.31. The Kier molecular flexibility index (Phi) is 5.96. The van der Waals surface area contributed by atoms with E-state index in [9.17, 15) is 22.8 Å². The van der Waals surface area contributed by atoms with Gasteiger partial charge in [-0.2, -0.15) is 13.2 Å². The lowest BCUT2D eigenvalue weighted by molar-refractivity contribution is -0.140. The van der Waals surface area contributed by atoms with Gasteiger partial charge < -0.3 is 19.3 Å². The molecule has 30 heavy (non-hydrogen) atoms. The molecule has 0 N–H and O–H groups in total. The fourth-order valence-electron chi connectivity index (χ4n) is 4.10. The Bertz CT molecular complexity index is 829. The molecule has 0 unspecified atom stereocenters. The smallest absolute Gasteiger partial charge is 0.370 e. The van der Waals surface area contributed by atoms with Crippen LogP contribution in [0.1, 0.15) is 24.0 Å². The molecule has 3 saturated heterocycles. The average Bonchev–Trinajstić information content (AvgIpc) is 2.66. The lowest BCUT2D eigenvalue weighted by atomic mass is 9.88. The van der Waals surface area contributed by atoms with Crippen molar-refractivity contribution in [1.82, 2.24) is 9.80 Å². The molecule has 1 aromatic rings. The maximum atomic E-state index is 12.7. The molecule has 164 valence electrons. The highest BCUT2D eigenvalue weighted by Crippen LogP contribution is 2.33. The number of piperidine rings is 1. The number of urea groups is 1. The molecule has 0 aromatic heterocycles. The number of hydrogen-bond acceptors (Lipinski definition) is 4. The molecular formula is C20H22ClF3N2O4. The zero-order valence-corrected chi connectivity index (χ0v) is 16.9. The Morgan fingerprint density at radius 1 is 1.23 bits per heavy atom. The number of carbonyl (C=O) groups is 2. The summed E-state index contributed by atoms with van der Waals surface area (Å²) in [6, 6.07) is 3.09. The number of likely N-dealkylation sites (tertiary alicyclic amines) is 2. The first-order valence-electron chi connectivity index (χ1n) is 9.85. The van der Waals surface area contributed by atoms with Gasteiger partial charge in [0.1, 0.15) is 6.61 Å². The number of halogens is 4. The number of carbonyl (C=O) groups excluding carboxylic acids is 2. The number of rotatable bonds is 3. The molecule has 0 radical (unpaired) electrons. The van der Waals surface area contributed by atoms with Crippen molar-refractivity contribution in [2.45, 2.75) is 37.8 Å². The number of amides is 2. The van der Waals surface area contributed by atoms with Crippen LogP contribution >= 0.6 is 11.6 Å². The van der Waals surface area contributed by atoms with E-state index in [0.29, 0.717) is 38.2 Å². The highest BCUT2D eigenvalue weighted by Gasteiger charge is 2.40. The molecule has 3 heterocycles. The van der Waals surface area contributed by atoms with Gasteiger partial charge in [0, 0.05) is 30.5 Å². The molecule has 1 aromatic carbocycles. The summed E-state index contributed by atoms with van der Waals surface area (Å²) in [5.74, 6) is 0.129. The summed E-state index contributed by atoms with van der Waals surface area (Å²) in [5, 5.41) is 0.00389. The summed E-state index contributed by atoms with van der Waals surface area (Å²) in [4.78, 5) is 27.7. The van der Waals surface area contributed by atoms with Crippen molar-refractivity contribution in [3.05, 3.63) is 34.3 Å². The van der Waals surface area contributed by atoms with E-state index < -0.39 is 11.7 Å². The van der Waals surface area contributed by atoms with E-state index in [-0.39, 0.29) is 48.2 Å². The Balaban J connectivity index is 1.23. The molecular weight excluding hydrogens is 425 g/mol. The second-order valence-electron chi connectivity index (χ2n) is 8.01. The Hall–Kier alpha value is -1.84. The molecule has 6 nitrogen and oxygen atoms in total. The summed E-state index contributed by atoms with van der Waals surface area (Å²) >= 11 is 5.94. The fraction of sp³-hybridized carbons (Fsp3) is 0.600. The second kappa shape index (κ2) is 8.36. The molecule has 0 saturated carbocycles. The van der Waals surface area contributed by atoms with E-state index in [1.807, 2.05) is 0 Å². The number of nitrogens with zero attached hydrogens (tertiary/aromatic N) is 2.